The predicted octanol–water partition coefficient (Wildman–Crippen LogP) is 6.47. The Balaban J connectivity index is 1.59. The average molecular weight is 457 g/mol. The van der Waals surface area contributed by atoms with Gasteiger partial charge >= 0.3 is 0 Å². The van der Waals surface area contributed by atoms with Gasteiger partial charge in [0.15, 0.2) is 5.78 Å². The zero-order chi connectivity index (χ0) is 22.0. The molecule has 0 spiro atoms. The standard InChI is InChI=1S/C26H26Cl2O3/c1-4-13-8-12(3)9-14(5-2)20(13)22-24(29)21-19-11-16(26(31-19)23(21)25(22)30)15-6-7-17(27)18(28)10-15/h6-10,16,19,21,23,26,30H,4-5,11H2,1-3H3/t16-,19-,21-,23+,26+/m0/s1. The Hall–Kier alpha value is -1.81. The van der Waals surface area contributed by atoms with Gasteiger partial charge in [-0.1, -0.05) is 60.8 Å². The van der Waals surface area contributed by atoms with Crippen LogP contribution in [0.3, 0.4) is 0 Å². The van der Waals surface area contributed by atoms with E-state index < -0.39 is 0 Å². The second kappa shape index (κ2) is 7.65. The highest BCUT2D eigenvalue weighted by atomic mass is 35.5. The second-order valence-electron chi connectivity index (χ2n) is 9.00. The molecular weight excluding hydrogens is 431 g/mol. The molecule has 0 amide bonds. The van der Waals surface area contributed by atoms with Crippen LogP contribution in [-0.2, 0) is 22.4 Å². The molecule has 2 saturated heterocycles. The van der Waals surface area contributed by atoms with Crippen LogP contribution in [0.2, 0.25) is 10.0 Å². The zero-order valence-electron chi connectivity index (χ0n) is 17.9. The van der Waals surface area contributed by atoms with Gasteiger partial charge in [0, 0.05) is 5.92 Å². The lowest BCUT2D eigenvalue weighted by Crippen LogP contribution is -2.33. The third kappa shape index (κ3) is 3.08. The minimum Gasteiger partial charge on any atom is -0.511 e. The number of Topliss-reactive ketones (excluding diaryl/α,β-unsaturated/α-hetero) is 1. The third-order valence-electron chi connectivity index (χ3n) is 7.31. The van der Waals surface area contributed by atoms with Gasteiger partial charge in [0.05, 0.1) is 39.7 Å². The molecule has 31 heavy (non-hydrogen) atoms. The molecule has 5 heteroatoms. The van der Waals surface area contributed by atoms with E-state index >= 15 is 0 Å². The summed E-state index contributed by atoms with van der Waals surface area (Å²) in [6.07, 6.45) is 1.99. The smallest absolute Gasteiger partial charge is 0.173 e. The van der Waals surface area contributed by atoms with Crippen molar-refractivity contribution < 1.29 is 14.6 Å². The third-order valence-corrected chi connectivity index (χ3v) is 8.05. The number of carbonyl (C=O) groups excluding carboxylic acids is 1. The maximum Gasteiger partial charge on any atom is 0.173 e. The van der Waals surface area contributed by atoms with Crippen molar-refractivity contribution in [2.24, 2.45) is 11.8 Å². The first-order valence-electron chi connectivity index (χ1n) is 11.1. The van der Waals surface area contributed by atoms with Crippen molar-refractivity contribution in [3.05, 3.63) is 74.0 Å². The van der Waals surface area contributed by atoms with Crippen LogP contribution in [0, 0.1) is 18.8 Å². The van der Waals surface area contributed by atoms with Gasteiger partial charge in [0.1, 0.15) is 5.76 Å². The molecule has 2 aliphatic heterocycles. The molecule has 162 valence electrons. The van der Waals surface area contributed by atoms with Crippen LogP contribution in [0.25, 0.3) is 5.57 Å². The normalized spacial score (nSPS) is 29.2. The number of fused-ring (bicyclic) bond motifs is 5. The fourth-order valence-corrected chi connectivity index (χ4v) is 6.30. The summed E-state index contributed by atoms with van der Waals surface area (Å²) in [6.45, 7) is 6.28. The minimum absolute atomic E-state index is 0.0378. The van der Waals surface area contributed by atoms with E-state index in [-0.39, 0.29) is 41.5 Å². The van der Waals surface area contributed by atoms with Crippen molar-refractivity contribution in [3.63, 3.8) is 0 Å². The van der Waals surface area contributed by atoms with Gasteiger partial charge < -0.3 is 9.84 Å². The number of rotatable bonds is 4. The molecule has 5 rings (SSSR count). The molecule has 2 aromatic rings. The highest BCUT2D eigenvalue weighted by Gasteiger charge is 2.62. The molecule has 0 radical (unpaired) electrons. The van der Waals surface area contributed by atoms with Gasteiger partial charge in [0.2, 0.25) is 0 Å². The highest BCUT2D eigenvalue weighted by Crippen LogP contribution is 2.58. The van der Waals surface area contributed by atoms with E-state index in [0.717, 1.165) is 41.5 Å². The first-order valence-corrected chi connectivity index (χ1v) is 11.8. The summed E-state index contributed by atoms with van der Waals surface area (Å²) in [5.74, 6) is -0.257. The largest absolute Gasteiger partial charge is 0.511 e. The summed E-state index contributed by atoms with van der Waals surface area (Å²) in [4.78, 5) is 13.6. The van der Waals surface area contributed by atoms with Crippen molar-refractivity contribution in [1.82, 2.24) is 0 Å². The SMILES string of the molecule is CCc1cc(C)cc(CC)c1C1=C(O)[C@@H]2[C@@H]3O[C@@H](C[C@H]3c3ccc(Cl)c(Cl)c3)[C@@H]2C1=O. The summed E-state index contributed by atoms with van der Waals surface area (Å²) in [7, 11) is 0. The molecule has 2 heterocycles. The van der Waals surface area contributed by atoms with E-state index in [1.54, 1.807) is 6.07 Å². The topological polar surface area (TPSA) is 46.5 Å². The fourth-order valence-electron chi connectivity index (χ4n) is 6.00. The number of hydrogen-bond acceptors (Lipinski definition) is 3. The van der Waals surface area contributed by atoms with Gasteiger partial charge in [-0.25, -0.2) is 0 Å². The Kier molecular flexibility index (Phi) is 5.20. The van der Waals surface area contributed by atoms with Crippen molar-refractivity contribution in [1.29, 1.82) is 0 Å². The van der Waals surface area contributed by atoms with Crippen LogP contribution < -0.4 is 0 Å². The van der Waals surface area contributed by atoms with Crippen molar-refractivity contribution in [2.45, 2.75) is 58.2 Å². The Labute approximate surface area is 193 Å². The van der Waals surface area contributed by atoms with Gasteiger partial charge in [-0.2, -0.15) is 0 Å². The van der Waals surface area contributed by atoms with Crippen molar-refractivity contribution in [2.75, 3.05) is 0 Å². The van der Waals surface area contributed by atoms with Crippen molar-refractivity contribution >= 4 is 34.6 Å². The van der Waals surface area contributed by atoms with E-state index in [1.807, 2.05) is 12.1 Å². The molecule has 5 atom stereocenters. The minimum atomic E-state index is -0.297. The number of carbonyl (C=O) groups is 1. The monoisotopic (exact) mass is 456 g/mol. The lowest BCUT2D eigenvalue weighted by atomic mass is 9.72. The Morgan fingerprint density at radius 3 is 2.32 bits per heavy atom. The second-order valence-corrected chi connectivity index (χ2v) is 9.81. The van der Waals surface area contributed by atoms with Gasteiger partial charge in [-0.05, 0) is 60.6 Å². The fraction of sp³-hybridized carbons (Fsp3) is 0.423. The number of aliphatic hydroxyl groups excluding tert-OH is 1. The number of ketones is 1. The Morgan fingerprint density at radius 2 is 1.71 bits per heavy atom. The number of benzene rings is 2. The van der Waals surface area contributed by atoms with E-state index in [4.69, 9.17) is 27.9 Å². The number of allylic oxidation sites excluding steroid dienone is 1. The quantitative estimate of drug-likeness (QED) is 0.573. The average Bonchev–Trinajstić information content (AvgIpc) is 3.41. The van der Waals surface area contributed by atoms with Gasteiger partial charge in [-0.15, -0.1) is 0 Å². The van der Waals surface area contributed by atoms with Crippen LogP contribution >= 0.6 is 23.2 Å². The van der Waals surface area contributed by atoms with Crippen LogP contribution in [0.4, 0.5) is 0 Å². The summed E-state index contributed by atoms with van der Waals surface area (Å²) in [5.41, 5.74) is 5.95. The van der Waals surface area contributed by atoms with E-state index in [9.17, 15) is 9.90 Å². The Morgan fingerprint density at radius 1 is 1.03 bits per heavy atom. The lowest BCUT2D eigenvalue weighted by molar-refractivity contribution is -0.118. The van der Waals surface area contributed by atoms with E-state index in [0.29, 0.717) is 15.6 Å². The first-order chi connectivity index (χ1) is 14.8. The highest BCUT2D eigenvalue weighted by molar-refractivity contribution is 6.42. The number of hydrogen-bond donors (Lipinski definition) is 1. The summed E-state index contributed by atoms with van der Waals surface area (Å²) in [5, 5.41) is 12.4. The summed E-state index contributed by atoms with van der Waals surface area (Å²) in [6, 6.07) is 9.94. The molecule has 2 aromatic carbocycles. The maximum absolute atomic E-state index is 13.6. The first kappa shape index (κ1) is 21.1. The number of ether oxygens (including phenoxy) is 1. The molecule has 1 N–H and O–H groups in total. The lowest BCUT2D eigenvalue weighted by Gasteiger charge is -2.28. The summed E-state index contributed by atoms with van der Waals surface area (Å²) >= 11 is 12.4. The van der Waals surface area contributed by atoms with E-state index in [2.05, 4.69) is 32.9 Å². The maximum atomic E-state index is 13.6. The molecule has 0 unspecified atom stereocenters. The zero-order valence-corrected chi connectivity index (χ0v) is 19.4. The molecule has 2 fully saturated rings. The number of aryl methyl sites for hydroxylation is 3. The molecular formula is C26H26Cl2O3. The van der Waals surface area contributed by atoms with Gasteiger partial charge in [-0.3, -0.25) is 4.79 Å². The van der Waals surface area contributed by atoms with Crippen LogP contribution in [-0.4, -0.2) is 23.1 Å². The van der Waals surface area contributed by atoms with Crippen LogP contribution in [0.5, 0.6) is 0 Å². The van der Waals surface area contributed by atoms with Crippen LogP contribution in [0.15, 0.2) is 36.1 Å². The van der Waals surface area contributed by atoms with E-state index in [1.165, 1.54) is 5.56 Å². The molecule has 3 aliphatic rings. The predicted molar refractivity (Wildman–Crippen MR) is 124 cm³/mol. The van der Waals surface area contributed by atoms with Crippen molar-refractivity contribution in [3.8, 4) is 0 Å². The molecule has 0 saturated carbocycles. The Bertz CT molecular complexity index is 1090. The molecule has 1 aliphatic carbocycles. The molecule has 2 bridgehead atoms. The number of aliphatic hydroxyl groups is 1. The summed E-state index contributed by atoms with van der Waals surface area (Å²) < 4.78 is 6.24. The number of halogens is 2. The van der Waals surface area contributed by atoms with Gasteiger partial charge in [0.25, 0.3) is 0 Å². The molecule has 3 nitrogen and oxygen atoms in total. The van der Waals surface area contributed by atoms with Crippen LogP contribution in [0.1, 0.15) is 54.0 Å². The molecule has 0 aromatic heterocycles.